The van der Waals surface area contributed by atoms with Gasteiger partial charge in [-0.3, -0.25) is 14.7 Å². The molecule has 2 aromatic rings. The summed E-state index contributed by atoms with van der Waals surface area (Å²) >= 11 is 0. The van der Waals surface area contributed by atoms with Crippen LogP contribution in [0, 0.1) is 19.8 Å². The molecule has 3 aliphatic heterocycles. The van der Waals surface area contributed by atoms with Crippen molar-refractivity contribution in [2.75, 3.05) is 13.1 Å². The maximum absolute atomic E-state index is 13.5. The van der Waals surface area contributed by atoms with Crippen LogP contribution in [-0.4, -0.2) is 55.5 Å². The molecule has 0 spiro atoms. The van der Waals surface area contributed by atoms with Gasteiger partial charge in [-0.25, -0.2) is 4.52 Å². The highest BCUT2D eigenvalue weighted by Gasteiger charge is 2.27. The summed E-state index contributed by atoms with van der Waals surface area (Å²) in [7, 11) is 0. The van der Waals surface area contributed by atoms with E-state index in [1.165, 1.54) is 0 Å². The van der Waals surface area contributed by atoms with Crippen molar-refractivity contribution in [2.45, 2.75) is 53.1 Å². The van der Waals surface area contributed by atoms with Crippen molar-refractivity contribution in [3.63, 3.8) is 0 Å². The average Bonchev–Trinajstić information content (AvgIpc) is 3.18. The van der Waals surface area contributed by atoms with Gasteiger partial charge < -0.3 is 10.2 Å². The van der Waals surface area contributed by atoms with Gasteiger partial charge in [0.25, 0.3) is 5.91 Å². The number of nitrogens with zero attached hydrogens (tertiary/aromatic N) is 5. The summed E-state index contributed by atoms with van der Waals surface area (Å²) in [5.41, 5.74) is 6.65. The summed E-state index contributed by atoms with van der Waals surface area (Å²) in [5, 5.41) is 8.37. The molecule has 2 aromatic heterocycles. The number of hydrogen-bond acceptors (Lipinski definition) is 5. The zero-order valence-electron chi connectivity index (χ0n) is 20.0. The predicted octanol–water partition coefficient (Wildman–Crippen LogP) is 3.58. The van der Waals surface area contributed by atoms with E-state index in [0.717, 1.165) is 59.1 Å². The van der Waals surface area contributed by atoms with Crippen molar-refractivity contribution in [2.24, 2.45) is 5.92 Å². The number of piperazine rings is 1. The molecule has 0 radical (unpaired) electrons. The van der Waals surface area contributed by atoms with Gasteiger partial charge >= 0.3 is 0 Å². The van der Waals surface area contributed by atoms with Gasteiger partial charge in [-0.15, -0.1) is 0 Å². The highest BCUT2D eigenvalue weighted by atomic mass is 16.2. The maximum atomic E-state index is 13.5. The Morgan fingerprint density at radius 3 is 2.55 bits per heavy atom. The highest BCUT2D eigenvalue weighted by molar-refractivity contribution is 5.98. The van der Waals surface area contributed by atoms with Gasteiger partial charge in [0.1, 0.15) is 0 Å². The molecule has 3 atom stereocenters. The molecule has 0 aliphatic carbocycles. The average molecular weight is 445 g/mol. The first-order valence-electron chi connectivity index (χ1n) is 11.8. The van der Waals surface area contributed by atoms with E-state index >= 15 is 0 Å². The fourth-order valence-electron chi connectivity index (χ4n) is 5.11. The quantitative estimate of drug-likeness (QED) is 0.767. The normalized spacial score (nSPS) is 25.9. The van der Waals surface area contributed by atoms with Crippen molar-refractivity contribution in [3.8, 4) is 0 Å². The molecule has 1 saturated heterocycles. The number of allylic oxidation sites excluding steroid dienone is 4. The van der Waals surface area contributed by atoms with Crippen LogP contribution in [0.4, 0.5) is 0 Å². The summed E-state index contributed by atoms with van der Waals surface area (Å²) < 4.78 is 1.87. The maximum Gasteiger partial charge on any atom is 0.255 e. The molecule has 7 nitrogen and oxygen atoms in total. The zero-order valence-corrected chi connectivity index (χ0v) is 20.0. The molecule has 3 aliphatic rings. The standard InChI is InChI=1S/C26H32N6O/c1-16-6-7-21-8-9-22(30-12-17(2)27-18(3)13-30)15-31(21)26(33)10-23(16)24-11-25-20(5)28-19(4)14-32(25)29-24/h7-11,14-18,27H,6,12-13H2,1-5H3. The lowest BCUT2D eigenvalue weighted by molar-refractivity contribution is -0.122. The van der Waals surface area contributed by atoms with Gasteiger partial charge in [0.2, 0.25) is 0 Å². The van der Waals surface area contributed by atoms with Crippen LogP contribution in [-0.2, 0) is 4.79 Å². The Balaban J connectivity index is 1.49. The fourth-order valence-corrected chi connectivity index (χ4v) is 5.11. The van der Waals surface area contributed by atoms with Crippen LogP contribution in [0.5, 0.6) is 0 Å². The largest absolute Gasteiger partial charge is 0.367 e. The molecule has 1 N–H and O–H groups in total. The van der Waals surface area contributed by atoms with E-state index < -0.39 is 0 Å². The Labute approximate surface area is 195 Å². The summed E-state index contributed by atoms with van der Waals surface area (Å²) in [6.07, 6.45) is 12.9. The van der Waals surface area contributed by atoms with E-state index in [1.54, 1.807) is 11.0 Å². The van der Waals surface area contributed by atoms with Crippen LogP contribution in [0.2, 0.25) is 0 Å². The van der Waals surface area contributed by atoms with Crippen LogP contribution in [0.1, 0.15) is 44.3 Å². The number of amides is 1. The molecule has 0 saturated carbocycles. The number of aromatic nitrogens is 3. The molecular formula is C26H32N6O. The SMILES string of the molecule is Cc1cn2nc(C3=CC(=O)N4C=C(N5CC(C)NC(C)C5)C=CC4=CCC3C)cc2c(C)n1. The number of fused-ring (bicyclic) bond motifs is 2. The van der Waals surface area contributed by atoms with Crippen molar-refractivity contribution >= 4 is 17.0 Å². The first-order chi connectivity index (χ1) is 15.8. The topological polar surface area (TPSA) is 65.8 Å². The van der Waals surface area contributed by atoms with E-state index in [1.807, 2.05) is 36.8 Å². The third-order valence-corrected chi connectivity index (χ3v) is 6.67. The van der Waals surface area contributed by atoms with Gasteiger partial charge in [-0.2, -0.15) is 5.10 Å². The molecule has 7 heteroatoms. The molecule has 5 heterocycles. The number of rotatable bonds is 2. The molecule has 3 unspecified atom stereocenters. The lowest BCUT2D eigenvalue weighted by Gasteiger charge is -2.39. The van der Waals surface area contributed by atoms with E-state index in [4.69, 9.17) is 5.10 Å². The summed E-state index contributed by atoms with van der Waals surface area (Å²) in [6.45, 7) is 12.4. The van der Waals surface area contributed by atoms with Crippen LogP contribution in [0.25, 0.3) is 11.1 Å². The van der Waals surface area contributed by atoms with Gasteiger partial charge in [0, 0.05) is 43.1 Å². The first kappa shape index (κ1) is 21.6. The van der Waals surface area contributed by atoms with Crippen LogP contribution < -0.4 is 5.32 Å². The monoisotopic (exact) mass is 444 g/mol. The van der Waals surface area contributed by atoms with Gasteiger partial charge in [-0.05, 0) is 63.8 Å². The Kier molecular flexibility index (Phi) is 5.44. The second-order valence-electron chi connectivity index (χ2n) is 9.66. The molecular weight excluding hydrogens is 412 g/mol. The number of carbonyl (C=O) groups is 1. The van der Waals surface area contributed by atoms with E-state index in [0.29, 0.717) is 12.1 Å². The first-order valence-corrected chi connectivity index (χ1v) is 11.8. The van der Waals surface area contributed by atoms with E-state index in [9.17, 15) is 4.79 Å². The van der Waals surface area contributed by atoms with Gasteiger partial charge in [0.05, 0.1) is 34.5 Å². The molecule has 0 aromatic carbocycles. The lowest BCUT2D eigenvalue weighted by Crippen LogP contribution is -2.53. The molecule has 5 rings (SSSR count). The Morgan fingerprint density at radius 1 is 1.06 bits per heavy atom. The van der Waals surface area contributed by atoms with Gasteiger partial charge in [0.15, 0.2) is 0 Å². The van der Waals surface area contributed by atoms with E-state index in [2.05, 4.69) is 54.2 Å². The lowest BCUT2D eigenvalue weighted by atomic mass is 9.92. The van der Waals surface area contributed by atoms with Crippen molar-refractivity contribution < 1.29 is 4.79 Å². The number of nitrogens with one attached hydrogen (secondary N) is 1. The van der Waals surface area contributed by atoms with Gasteiger partial charge in [-0.1, -0.05) is 13.0 Å². The Morgan fingerprint density at radius 2 is 1.79 bits per heavy atom. The minimum Gasteiger partial charge on any atom is -0.367 e. The van der Waals surface area contributed by atoms with Crippen LogP contribution >= 0.6 is 0 Å². The second-order valence-corrected chi connectivity index (χ2v) is 9.66. The smallest absolute Gasteiger partial charge is 0.255 e. The summed E-state index contributed by atoms with van der Waals surface area (Å²) in [4.78, 5) is 22.2. The zero-order chi connectivity index (χ0) is 23.3. The van der Waals surface area contributed by atoms with Crippen LogP contribution in [0.3, 0.4) is 0 Å². The summed E-state index contributed by atoms with van der Waals surface area (Å²) in [6, 6.07) is 2.86. The Bertz CT molecular complexity index is 1220. The minimum absolute atomic E-state index is 0.0380. The molecule has 172 valence electrons. The second kappa shape index (κ2) is 8.30. The fraction of sp³-hybridized carbons (Fsp3) is 0.423. The van der Waals surface area contributed by atoms with E-state index in [-0.39, 0.29) is 11.8 Å². The molecule has 0 bridgehead atoms. The number of carbonyl (C=O) groups excluding carboxylic acids is 1. The molecule has 1 fully saturated rings. The Hall–Kier alpha value is -3.19. The third kappa shape index (κ3) is 4.13. The predicted molar refractivity (Wildman–Crippen MR) is 130 cm³/mol. The third-order valence-electron chi connectivity index (χ3n) is 6.67. The highest BCUT2D eigenvalue weighted by Crippen LogP contribution is 2.32. The molecule has 1 amide bonds. The van der Waals surface area contributed by atoms with Crippen molar-refractivity contribution in [3.05, 3.63) is 71.2 Å². The summed E-state index contributed by atoms with van der Waals surface area (Å²) in [5.74, 6) is 0.139. The van der Waals surface area contributed by atoms with Crippen molar-refractivity contribution in [1.29, 1.82) is 0 Å². The minimum atomic E-state index is -0.0380. The number of hydrogen-bond donors (Lipinski definition) is 1. The van der Waals surface area contributed by atoms with Crippen LogP contribution in [0.15, 0.2) is 54.2 Å². The number of aryl methyl sites for hydroxylation is 2. The van der Waals surface area contributed by atoms with Crippen molar-refractivity contribution in [1.82, 2.24) is 29.7 Å². The molecule has 33 heavy (non-hydrogen) atoms.